The van der Waals surface area contributed by atoms with Crippen LogP contribution < -0.4 is 10.6 Å². The number of benzene rings is 2. The molecule has 9 heteroatoms. The number of nitrogens with one attached hydrogen (secondary N) is 2. The zero-order chi connectivity index (χ0) is 23.1. The van der Waals surface area contributed by atoms with Crippen molar-refractivity contribution < 1.29 is 9.59 Å². The Morgan fingerprint density at radius 3 is 2.69 bits per heavy atom. The van der Waals surface area contributed by atoms with Gasteiger partial charge in [-0.15, -0.1) is 23.1 Å². The highest BCUT2D eigenvalue weighted by atomic mass is 35.5. The van der Waals surface area contributed by atoms with Gasteiger partial charge in [0.1, 0.15) is 0 Å². The van der Waals surface area contributed by atoms with Crippen molar-refractivity contribution >= 4 is 68.9 Å². The second-order valence-electron chi connectivity index (χ2n) is 7.10. The summed E-state index contributed by atoms with van der Waals surface area (Å²) in [6.45, 7) is 3.89. The fraction of sp³-hybridized carbons (Fsp3) is 0.261. The summed E-state index contributed by atoms with van der Waals surface area (Å²) in [5.74, 6) is -0.149. The Bertz CT molecular complexity index is 1100. The van der Waals surface area contributed by atoms with Crippen LogP contribution >= 0.6 is 46.3 Å². The topological polar surface area (TPSA) is 71.1 Å². The predicted molar refractivity (Wildman–Crippen MR) is 136 cm³/mol. The average molecular weight is 508 g/mol. The van der Waals surface area contributed by atoms with E-state index in [4.69, 9.17) is 23.2 Å². The molecule has 0 fully saturated rings. The molecule has 3 aromatic rings. The van der Waals surface area contributed by atoms with E-state index >= 15 is 0 Å². The van der Waals surface area contributed by atoms with Crippen LogP contribution in [0.2, 0.25) is 10.0 Å². The summed E-state index contributed by atoms with van der Waals surface area (Å²) < 4.78 is 0. The van der Waals surface area contributed by atoms with Crippen molar-refractivity contribution in [1.29, 1.82) is 0 Å². The smallest absolute Gasteiger partial charge is 0.239 e. The van der Waals surface area contributed by atoms with Crippen molar-refractivity contribution in [2.45, 2.75) is 43.3 Å². The summed E-state index contributed by atoms with van der Waals surface area (Å²) in [6.07, 6.45) is 2.34. The number of halogens is 2. The highest BCUT2D eigenvalue weighted by Crippen LogP contribution is 2.31. The molecule has 1 aromatic heterocycles. The molecule has 5 nitrogen and oxygen atoms in total. The fourth-order valence-electron chi connectivity index (χ4n) is 2.79. The highest BCUT2D eigenvalue weighted by molar-refractivity contribution is 8.00. The van der Waals surface area contributed by atoms with Crippen LogP contribution in [-0.2, 0) is 9.59 Å². The monoisotopic (exact) mass is 507 g/mol. The molecule has 168 valence electrons. The first-order chi connectivity index (χ1) is 15.4. The van der Waals surface area contributed by atoms with Gasteiger partial charge in [0.25, 0.3) is 0 Å². The van der Waals surface area contributed by atoms with Gasteiger partial charge in [0.05, 0.1) is 21.0 Å². The molecule has 1 unspecified atom stereocenters. The molecule has 3 rings (SSSR count). The standard InChI is InChI=1S/C23H23Cl2N3O2S2/c1-3-4-8-21(29)26-16-6-5-7-17(12-16)32-14(2)22(30)28-23-27-20(13-31-23)15-9-10-18(24)19(25)11-15/h5-7,9-14H,3-4,8H2,1-2H3,(H,26,29)(H,27,28,30). The van der Waals surface area contributed by atoms with Crippen LogP contribution in [0.5, 0.6) is 0 Å². The number of amides is 2. The van der Waals surface area contributed by atoms with Crippen molar-refractivity contribution in [3.05, 3.63) is 57.9 Å². The lowest BCUT2D eigenvalue weighted by molar-refractivity contribution is -0.116. The van der Waals surface area contributed by atoms with Gasteiger partial charge < -0.3 is 10.6 Å². The normalized spacial score (nSPS) is 11.8. The van der Waals surface area contributed by atoms with Crippen molar-refractivity contribution in [2.75, 3.05) is 10.6 Å². The lowest BCUT2D eigenvalue weighted by atomic mass is 10.2. The van der Waals surface area contributed by atoms with E-state index in [9.17, 15) is 9.59 Å². The number of aromatic nitrogens is 1. The van der Waals surface area contributed by atoms with E-state index in [0.717, 1.165) is 34.7 Å². The molecule has 2 aromatic carbocycles. The van der Waals surface area contributed by atoms with Gasteiger partial charge in [-0.25, -0.2) is 4.98 Å². The van der Waals surface area contributed by atoms with Crippen molar-refractivity contribution in [3.8, 4) is 11.3 Å². The third kappa shape index (κ3) is 6.97. The minimum Gasteiger partial charge on any atom is -0.326 e. The Morgan fingerprint density at radius 1 is 1.12 bits per heavy atom. The molecule has 0 saturated carbocycles. The number of unbranched alkanes of at least 4 members (excludes halogenated alkanes) is 1. The molecule has 1 heterocycles. The first-order valence-electron chi connectivity index (χ1n) is 10.1. The Morgan fingerprint density at radius 2 is 1.94 bits per heavy atom. The van der Waals surface area contributed by atoms with Gasteiger partial charge in [-0.1, -0.05) is 48.7 Å². The summed E-state index contributed by atoms with van der Waals surface area (Å²) in [5, 5.41) is 8.73. The van der Waals surface area contributed by atoms with Gasteiger partial charge in [0, 0.05) is 27.9 Å². The third-order valence-corrected chi connectivity index (χ3v) is 7.10. The number of hydrogen-bond acceptors (Lipinski definition) is 5. The summed E-state index contributed by atoms with van der Waals surface area (Å²) in [6, 6.07) is 12.8. The van der Waals surface area contributed by atoms with Crippen molar-refractivity contribution in [3.63, 3.8) is 0 Å². The van der Waals surface area contributed by atoms with Crippen molar-refractivity contribution in [1.82, 2.24) is 4.98 Å². The van der Waals surface area contributed by atoms with Crippen LogP contribution in [-0.4, -0.2) is 22.0 Å². The van der Waals surface area contributed by atoms with Gasteiger partial charge in [0.15, 0.2) is 5.13 Å². The van der Waals surface area contributed by atoms with Gasteiger partial charge >= 0.3 is 0 Å². The Kier molecular flexibility index (Phi) is 8.99. The molecule has 2 N–H and O–H groups in total. The SMILES string of the molecule is CCCCC(=O)Nc1cccc(SC(C)C(=O)Nc2nc(-c3ccc(Cl)c(Cl)c3)cs2)c1. The van der Waals surface area contributed by atoms with E-state index in [-0.39, 0.29) is 17.1 Å². The number of anilines is 2. The Balaban J connectivity index is 1.58. The molecule has 0 aliphatic carbocycles. The molecule has 0 radical (unpaired) electrons. The number of carbonyl (C=O) groups excluding carboxylic acids is 2. The van der Waals surface area contributed by atoms with E-state index in [0.29, 0.717) is 21.6 Å². The molecule has 0 bridgehead atoms. The number of hydrogen-bond donors (Lipinski definition) is 2. The van der Waals surface area contributed by atoms with Crippen LogP contribution in [0.1, 0.15) is 33.1 Å². The minimum atomic E-state index is -0.349. The summed E-state index contributed by atoms with van der Waals surface area (Å²) in [5.41, 5.74) is 2.28. The largest absolute Gasteiger partial charge is 0.326 e. The van der Waals surface area contributed by atoms with E-state index in [1.165, 1.54) is 23.1 Å². The number of thiazole rings is 1. The van der Waals surface area contributed by atoms with Crippen molar-refractivity contribution in [2.24, 2.45) is 0 Å². The zero-order valence-electron chi connectivity index (χ0n) is 17.7. The predicted octanol–water partition coefficient (Wildman–Crippen LogP) is 7.36. The average Bonchev–Trinajstić information content (AvgIpc) is 3.23. The molecule has 1 atom stereocenters. The molecule has 0 aliphatic heterocycles. The van der Waals surface area contributed by atoms with E-state index < -0.39 is 0 Å². The maximum atomic E-state index is 12.7. The lowest BCUT2D eigenvalue weighted by Gasteiger charge is -2.12. The first kappa shape index (κ1) is 24.6. The number of carbonyl (C=O) groups is 2. The quantitative estimate of drug-likeness (QED) is 0.296. The summed E-state index contributed by atoms with van der Waals surface area (Å²) in [7, 11) is 0. The molecular weight excluding hydrogens is 485 g/mol. The molecule has 0 spiro atoms. The first-order valence-corrected chi connectivity index (χ1v) is 12.7. The van der Waals surface area contributed by atoms with Crippen LogP contribution in [0.25, 0.3) is 11.3 Å². The third-order valence-electron chi connectivity index (χ3n) is 4.51. The minimum absolute atomic E-state index is 0.00124. The van der Waals surface area contributed by atoms with E-state index in [1.807, 2.05) is 42.6 Å². The second kappa shape index (κ2) is 11.7. The lowest BCUT2D eigenvalue weighted by Crippen LogP contribution is -2.22. The maximum absolute atomic E-state index is 12.7. The molecular formula is C23H23Cl2N3O2S2. The van der Waals surface area contributed by atoms with Crippen LogP contribution in [0, 0.1) is 0 Å². The van der Waals surface area contributed by atoms with Crippen LogP contribution in [0.4, 0.5) is 10.8 Å². The maximum Gasteiger partial charge on any atom is 0.239 e. The molecule has 32 heavy (non-hydrogen) atoms. The summed E-state index contributed by atoms with van der Waals surface area (Å²) in [4.78, 5) is 30.0. The number of rotatable bonds is 9. The molecule has 0 aliphatic rings. The zero-order valence-corrected chi connectivity index (χ0v) is 20.8. The van der Waals surface area contributed by atoms with E-state index in [2.05, 4.69) is 22.5 Å². The fourth-order valence-corrected chi connectivity index (χ4v) is 4.74. The second-order valence-corrected chi connectivity index (χ2v) is 10.2. The summed E-state index contributed by atoms with van der Waals surface area (Å²) >= 11 is 14.8. The van der Waals surface area contributed by atoms with Crippen LogP contribution in [0.15, 0.2) is 52.7 Å². The number of thioether (sulfide) groups is 1. The highest BCUT2D eigenvalue weighted by Gasteiger charge is 2.17. The molecule has 2 amide bonds. The van der Waals surface area contributed by atoms with E-state index in [1.54, 1.807) is 12.1 Å². The molecule has 0 saturated heterocycles. The Labute approximate surface area is 205 Å². The Hall–Kier alpha value is -2.06. The van der Waals surface area contributed by atoms with Gasteiger partial charge in [-0.2, -0.15) is 0 Å². The van der Waals surface area contributed by atoms with Gasteiger partial charge in [0.2, 0.25) is 11.8 Å². The van der Waals surface area contributed by atoms with Gasteiger partial charge in [-0.05, 0) is 43.7 Å². The van der Waals surface area contributed by atoms with Gasteiger partial charge in [-0.3, -0.25) is 9.59 Å². The van der Waals surface area contributed by atoms with Crippen LogP contribution in [0.3, 0.4) is 0 Å². The number of nitrogens with zero attached hydrogens (tertiary/aromatic N) is 1.